The third-order valence-corrected chi connectivity index (χ3v) is 5.70. The van der Waals surface area contributed by atoms with E-state index < -0.39 is 0 Å². The van der Waals surface area contributed by atoms with Gasteiger partial charge in [-0.05, 0) is 37.6 Å². The summed E-state index contributed by atoms with van der Waals surface area (Å²) in [6.07, 6.45) is 3.14. The monoisotopic (exact) mass is 442 g/mol. The van der Waals surface area contributed by atoms with Gasteiger partial charge in [-0.1, -0.05) is 24.3 Å². The molecule has 0 bridgehead atoms. The number of aromatic nitrogens is 4. The average molecular weight is 442 g/mol. The lowest BCUT2D eigenvalue weighted by Gasteiger charge is -2.11. The number of halogens is 1. The molecular weight excluding hydrogens is 419 g/mol. The second-order valence-corrected chi connectivity index (χ2v) is 7.95. The van der Waals surface area contributed by atoms with Crippen LogP contribution in [0.3, 0.4) is 0 Å². The lowest BCUT2D eigenvalue weighted by molar-refractivity contribution is 0.595. The Labute approximate surface area is 190 Å². The summed E-state index contributed by atoms with van der Waals surface area (Å²) in [5.41, 5.74) is 11.1. The minimum atomic E-state index is -0.217. The molecule has 7 nitrogen and oxygen atoms in total. The molecule has 0 amide bonds. The Morgan fingerprint density at radius 3 is 2.55 bits per heavy atom. The number of nitrogens with one attached hydrogen (secondary N) is 1. The van der Waals surface area contributed by atoms with Crippen LogP contribution in [0.5, 0.6) is 0 Å². The summed E-state index contributed by atoms with van der Waals surface area (Å²) in [6.45, 7) is 5.30. The van der Waals surface area contributed by atoms with Crippen LogP contribution in [0.15, 0.2) is 65.5 Å². The summed E-state index contributed by atoms with van der Waals surface area (Å²) in [5.74, 6) is 1.13. The number of fused-ring (bicyclic) bond motifs is 1. The molecule has 5 rings (SSSR count). The quantitative estimate of drug-likeness (QED) is 0.375. The second-order valence-electron chi connectivity index (χ2n) is 7.95. The smallest absolute Gasteiger partial charge is 0.292 e. The van der Waals surface area contributed by atoms with Crippen molar-refractivity contribution in [3.63, 3.8) is 0 Å². The molecule has 0 radical (unpaired) electrons. The fraction of sp³-hybridized carbons (Fsp3) is 0.160. The summed E-state index contributed by atoms with van der Waals surface area (Å²) in [5, 5.41) is 4.43. The zero-order valence-corrected chi connectivity index (χ0v) is 18.3. The van der Waals surface area contributed by atoms with Crippen molar-refractivity contribution in [2.45, 2.75) is 20.4 Å². The van der Waals surface area contributed by atoms with E-state index >= 15 is 0 Å². The largest absolute Gasteiger partial charge is 0.424 e. The maximum atomic E-state index is 13.9. The van der Waals surface area contributed by atoms with Crippen LogP contribution in [0.25, 0.3) is 33.5 Å². The van der Waals surface area contributed by atoms with E-state index in [1.807, 2.05) is 44.2 Å². The fourth-order valence-electron chi connectivity index (χ4n) is 4.06. The fourth-order valence-corrected chi connectivity index (χ4v) is 4.06. The van der Waals surface area contributed by atoms with Gasteiger partial charge in [-0.15, -0.1) is 0 Å². The third kappa shape index (κ3) is 4.15. The van der Waals surface area contributed by atoms with E-state index in [2.05, 4.69) is 30.9 Å². The number of hydrogen-bond acceptors (Lipinski definition) is 6. The van der Waals surface area contributed by atoms with Crippen LogP contribution in [0, 0.1) is 19.7 Å². The van der Waals surface area contributed by atoms with Crippen LogP contribution in [-0.4, -0.2) is 26.1 Å². The normalized spacial score (nSPS) is 11.2. The van der Waals surface area contributed by atoms with E-state index in [0.717, 1.165) is 44.8 Å². The molecule has 2 aromatic carbocycles. The minimum Gasteiger partial charge on any atom is -0.424 e. The van der Waals surface area contributed by atoms with E-state index in [-0.39, 0.29) is 11.8 Å². The summed E-state index contributed by atoms with van der Waals surface area (Å²) in [7, 11) is 0. The van der Waals surface area contributed by atoms with Gasteiger partial charge in [0.1, 0.15) is 18.0 Å². The zero-order chi connectivity index (χ0) is 22.9. The van der Waals surface area contributed by atoms with Crippen molar-refractivity contribution in [1.29, 1.82) is 0 Å². The van der Waals surface area contributed by atoms with Crippen LogP contribution in [0.1, 0.15) is 11.3 Å². The van der Waals surface area contributed by atoms with Crippen molar-refractivity contribution < 1.29 is 8.81 Å². The molecular formula is C25H23FN6O. The molecule has 5 aromatic rings. The highest BCUT2D eigenvalue weighted by Crippen LogP contribution is 2.26. The van der Waals surface area contributed by atoms with Crippen LogP contribution in [-0.2, 0) is 6.54 Å². The first-order valence-electron chi connectivity index (χ1n) is 10.6. The molecule has 8 heteroatoms. The molecule has 33 heavy (non-hydrogen) atoms. The number of nitrogens with two attached hydrogens (primary N) is 1. The molecule has 3 N–H and O–H groups in total. The Kier molecular flexibility index (Phi) is 5.26. The van der Waals surface area contributed by atoms with E-state index in [1.54, 1.807) is 18.3 Å². The molecule has 166 valence electrons. The van der Waals surface area contributed by atoms with Crippen molar-refractivity contribution in [1.82, 2.24) is 19.5 Å². The van der Waals surface area contributed by atoms with Crippen LogP contribution >= 0.6 is 0 Å². The van der Waals surface area contributed by atoms with Gasteiger partial charge in [0, 0.05) is 41.4 Å². The lowest BCUT2D eigenvalue weighted by atomic mass is 10.1. The number of anilines is 2. The van der Waals surface area contributed by atoms with Gasteiger partial charge in [-0.25, -0.2) is 19.3 Å². The molecule has 0 aliphatic carbocycles. The standard InChI is InChI=1S/C25H23FN6O/c1-15-9-19(26)11-22-20(15)10-16(2)32(22)8-7-28-24-12-21(30-14-31-24)17-3-5-18(6-4-17)23-13-29-25(27)33-23/h3-6,9-14H,7-8H2,1-2H3,(H2,27,29)(H,28,30,31). The first-order valence-corrected chi connectivity index (χ1v) is 10.6. The van der Waals surface area contributed by atoms with Crippen molar-refractivity contribution >= 4 is 22.7 Å². The van der Waals surface area contributed by atoms with Gasteiger partial charge in [-0.2, -0.15) is 0 Å². The van der Waals surface area contributed by atoms with Gasteiger partial charge in [-0.3, -0.25) is 0 Å². The van der Waals surface area contributed by atoms with E-state index in [4.69, 9.17) is 10.2 Å². The van der Waals surface area contributed by atoms with Crippen molar-refractivity contribution in [2.24, 2.45) is 0 Å². The van der Waals surface area contributed by atoms with Crippen molar-refractivity contribution in [2.75, 3.05) is 17.6 Å². The molecule has 3 heterocycles. The van der Waals surface area contributed by atoms with Crippen LogP contribution in [0.4, 0.5) is 16.2 Å². The highest BCUT2D eigenvalue weighted by molar-refractivity contribution is 5.84. The average Bonchev–Trinajstić information content (AvgIpc) is 3.38. The predicted molar refractivity (Wildman–Crippen MR) is 127 cm³/mol. The first-order chi connectivity index (χ1) is 16.0. The molecule has 0 saturated heterocycles. The van der Waals surface area contributed by atoms with Crippen LogP contribution in [0.2, 0.25) is 0 Å². The predicted octanol–water partition coefficient (Wildman–Crippen LogP) is 5.20. The molecule has 0 saturated carbocycles. The molecule has 0 atom stereocenters. The maximum absolute atomic E-state index is 13.9. The number of aryl methyl sites for hydroxylation is 2. The molecule has 0 fully saturated rings. The van der Waals surface area contributed by atoms with E-state index in [0.29, 0.717) is 18.8 Å². The van der Waals surface area contributed by atoms with E-state index in [9.17, 15) is 4.39 Å². The highest BCUT2D eigenvalue weighted by Gasteiger charge is 2.10. The topological polar surface area (TPSA) is 94.8 Å². The highest BCUT2D eigenvalue weighted by atomic mass is 19.1. The molecule has 0 spiro atoms. The minimum absolute atomic E-state index is 0.143. The first kappa shape index (κ1) is 20.7. The Morgan fingerprint density at radius 2 is 1.79 bits per heavy atom. The zero-order valence-electron chi connectivity index (χ0n) is 18.3. The SMILES string of the molecule is Cc1cc(F)cc2c1cc(C)n2CCNc1cc(-c2ccc(-c3cnc(N)o3)cc2)ncn1. The van der Waals surface area contributed by atoms with Crippen molar-refractivity contribution in [3.8, 4) is 22.6 Å². The lowest BCUT2D eigenvalue weighted by Crippen LogP contribution is -2.12. The number of nitrogen functional groups attached to an aromatic ring is 1. The number of nitrogens with zero attached hydrogens (tertiary/aromatic N) is 4. The van der Waals surface area contributed by atoms with Crippen LogP contribution < -0.4 is 11.1 Å². The number of hydrogen-bond donors (Lipinski definition) is 2. The number of rotatable bonds is 6. The molecule has 3 aromatic heterocycles. The Bertz CT molecular complexity index is 1440. The van der Waals surface area contributed by atoms with Gasteiger partial charge in [0.15, 0.2) is 5.76 Å². The third-order valence-electron chi connectivity index (χ3n) is 5.70. The molecule has 0 aliphatic rings. The number of oxazole rings is 1. The maximum Gasteiger partial charge on any atom is 0.292 e. The van der Waals surface area contributed by atoms with Gasteiger partial charge >= 0.3 is 0 Å². The van der Waals surface area contributed by atoms with Gasteiger partial charge in [0.25, 0.3) is 6.01 Å². The molecule has 0 unspecified atom stereocenters. The van der Waals surface area contributed by atoms with Gasteiger partial charge < -0.3 is 20.0 Å². The Morgan fingerprint density at radius 1 is 1.00 bits per heavy atom. The Hall–Kier alpha value is -4.20. The van der Waals surface area contributed by atoms with Gasteiger partial charge in [0.05, 0.1) is 17.4 Å². The summed E-state index contributed by atoms with van der Waals surface area (Å²) >= 11 is 0. The summed E-state index contributed by atoms with van der Waals surface area (Å²) in [4.78, 5) is 12.7. The second kappa shape index (κ2) is 8.38. The summed E-state index contributed by atoms with van der Waals surface area (Å²) in [6, 6.07) is 15.1. The Balaban J connectivity index is 1.30. The molecule has 0 aliphatic heterocycles. The van der Waals surface area contributed by atoms with E-state index in [1.165, 1.54) is 6.33 Å². The summed E-state index contributed by atoms with van der Waals surface area (Å²) < 4.78 is 21.4. The van der Waals surface area contributed by atoms with Gasteiger partial charge in [0.2, 0.25) is 0 Å². The number of benzene rings is 2. The van der Waals surface area contributed by atoms with Crippen molar-refractivity contribution in [3.05, 3.63) is 78.1 Å².